The zero-order valence-corrected chi connectivity index (χ0v) is 11.1. The number of aromatic nitrogens is 2. The molecule has 2 heterocycles. The van der Waals surface area contributed by atoms with Crippen molar-refractivity contribution in [3.63, 3.8) is 0 Å². The molecule has 0 saturated heterocycles. The summed E-state index contributed by atoms with van der Waals surface area (Å²) >= 11 is 0. The van der Waals surface area contributed by atoms with Crippen molar-refractivity contribution in [1.82, 2.24) is 14.9 Å². The summed E-state index contributed by atoms with van der Waals surface area (Å²) in [6.07, 6.45) is 5.50. The van der Waals surface area contributed by atoms with Crippen LogP contribution in [0.15, 0.2) is 42.9 Å². The third kappa shape index (κ3) is 4.01. The first kappa shape index (κ1) is 13.5. The van der Waals surface area contributed by atoms with Crippen LogP contribution in [0.25, 0.3) is 0 Å². The molecule has 0 atom stereocenters. The number of nitrogens with two attached hydrogens (primary N) is 1. The normalized spacial score (nSPS) is 10.7. The van der Waals surface area contributed by atoms with E-state index in [0.29, 0.717) is 5.82 Å². The highest BCUT2D eigenvalue weighted by molar-refractivity contribution is 5.33. The van der Waals surface area contributed by atoms with Crippen molar-refractivity contribution in [3.05, 3.63) is 54.0 Å². The molecule has 0 amide bonds. The topological polar surface area (TPSA) is 67.1 Å². The van der Waals surface area contributed by atoms with Crippen LogP contribution in [0.3, 0.4) is 0 Å². The molecule has 2 rings (SSSR count). The molecule has 0 aliphatic heterocycles. The minimum absolute atomic E-state index is 0.681. The van der Waals surface area contributed by atoms with Gasteiger partial charge in [-0.25, -0.2) is 10.8 Å². The van der Waals surface area contributed by atoms with E-state index in [9.17, 15) is 0 Å². The summed E-state index contributed by atoms with van der Waals surface area (Å²) in [5.74, 6) is 5.98. The first-order valence-electron chi connectivity index (χ1n) is 6.34. The summed E-state index contributed by atoms with van der Waals surface area (Å²) in [6.45, 7) is 4.93. The lowest BCUT2D eigenvalue weighted by Gasteiger charge is -2.20. The quantitative estimate of drug-likeness (QED) is 0.610. The van der Waals surface area contributed by atoms with Crippen LogP contribution < -0.4 is 11.3 Å². The van der Waals surface area contributed by atoms with Crippen LogP contribution in [0, 0.1) is 0 Å². The van der Waals surface area contributed by atoms with Crippen molar-refractivity contribution in [3.8, 4) is 0 Å². The SMILES string of the molecule is CCN(Cc1ccncc1)Cc1ccc(NN)nc1. The largest absolute Gasteiger partial charge is 0.308 e. The summed E-state index contributed by atoms with van der Waals surface area (Å²) in [6, 6.07) is 8.01. The molecule has 19 heavy (non-hydrogen) atoms. The van der Waals surface area contributed by atoms with Gasteiger partial charge in [-0.15, -0.1) is 0 Å². The Morgan fingerprint density at radius 2 is 1.84 bits per heavy atom. The van der Waals surface area contributed by atoms with Crippen LogP contribution in [0.1, 0.15) is 18.1 Å². The number of nitrogens with zero attached hydrogens (tertiary/aromatic N) is 3. The molecule has 0 fully saturated rings. The lowest BCUT2D eigenvalue weighted by molar-refractivity contribution is 0.271. The average molecular weight is 257 g/mol. The van der Waals surface area contributed by atoms with E-state index in [1.807, 2.05) is 42.9 Å². The predicted molar refractivity (Wildman–Crippen MR) is 76.1 cm³/mol. The number of pyridine rings is 2. The lowest BCUT2D eigenvalue weighted by Crippen LogP contribution is -2.22. The van der Waals surface area contributed by atoms with Crippen LogP contribution in [0.5, 0.6) is 0 Å². The van der Waals surface area contributed by atoms with E-state index >= 15 is 0 Å². The summed E-state index contributed by atoms with van der Waals surface area (Å²) in [4.78, 5) is 10.6. The number of hydrogen-bond acceptors (Lipinski definition) is 5. The Morgan fingerprint density at radius 1 is 1.11 bits per heavy atom. The van der Waals surface area contributed by atoms with Crippen molar-refractivity contribution in [2.75, 3.05) is 12.0 Å². The molecule has 0 aromatic carbocycles. The molecule has 0 radical (unpaired) electrons. The van der Waals surface area contributed by atoms with Gasteiger partial charge in [0.2, 0.25) is 0 Å². The lowest BCUT2D eigenvalue weighted by atomic mass is 10.2. The fourth-order valence-electron chi connectivity index (χ4n) is 1.89. The summed E-state index contributed by atoms with van der Waals surface area (Å²) in [5, 5.41) is 0. The molecule has 100 valence electrons. The molecule has 0 spiro atoms. The summed E-state index contributed by atoms with van der Waals surface area (Å²) in [5.41, 5.74) is 4.97. The smallest absolute Gasteiger partial charge is 0.139 e. The summed E-state index contributed by atoms with van der Waals surface area (Å²) < 4.78 is 0. The summed E-state index contributed by atoms with van der Waals surface area (Å²) in [7, 11) is 0. The number of nitrogen functional groups attached to an aromatic ring is 1. The van der Waals surface area contributed by atoms with Crippen LogP contribution >= 0.6 is 0 Å². The predicted octanol–water partition coefficient (Wildman–Crippen LogP) is 1.78. The molecular weight excluding hydrogens is 238 g/mol. The van der Waals surface area contributed by atoms with Gasteiger partial charge in [-0.05, 0) is 35.9 Å². The van der Waals surface area contributed by atoms with Crippen molar-refractivity contribution in [2.24, 2.45) is 5.84 Å². The molecule has 0 aliphatic rings. The molecule has 2 aromatic rings. The fourth-order valence-corrected chi connectivity index (χ4v) is 1.89. The zero-order valence-electron chi connectivity index (χ0n) is 11.1. The molecule has 5 nitrogen and oxygen atoms in total. The van der Waals surface area contributed by atoms with Gasteiger partial charge in [-0.3, -0.25) is 9.88 Å². The van der Waals surface area contributed by atoms with E-state index in [4.69, 9.17) is 5.84 Å². The second-order valence-corrected chi connectivity index (χ2v) is 4.35. The van der Waals surface area contributed by atoms with Gasteiger partial charge in [0.05, 0.1) is 0 Å². The highest BCUT2D eigenvalue weighted by Crippen LogP contribution is 2.10. The molecule has 0 aliphatic carbocycles. The van der Waals surface area contributed by atoms with Crippen LogP contribution in [-0.2, 0) is 13.1 Å². The Bertz CT molecular complexity index is 483. The molecule has 0 unspecified atom stereocenters. The van der Waals surface area contributed by atoms with Crippen LogP contribution in [0.2, 0.25) is 0 Å². The number of hydrazine groups is 1. The van der Waals surface area contributed by atoms with E-state index in [0.717, 1.165) is 19.6 Å². The fraction of sp³-hybridized carbons (Fsp3) is 0.286. The second kappa shape index (κ2) is 6.82. The van der Waals surface area contributed by atoms with Gasteiger partial charge >= 0.3 is 0 Å². The molecule has 0 bridgehead atoms. The zero-order chi connectivity index (χ0) is 13.5. The van der Waals surface area contributed by atoms with E-state index in [2.05, 4.69) is 27.2 Å². The third-order valence-electron chi connectivity index (χ3n) is 2.98. The van der Waals surface area contributed by atoms with Gasteiger partial charge < -0.3 is 5.43 Å². The van der Waals surface area contributed by atoms with Crippen LogP contribution in [0.4, 0.5) is 5.82 Å². The van der Waals surface area contributed by atoms with Gasteiger partial charge in [0.25, 0.3) is 0 Å². The Labute approximate surface area is 113 Å². The standard InChI is InChI=1S/C14H19N5/c1-2-19(10-12-5-7-16-8-6-12)11-13-3-4-14(18-15)17-9-13/h3-9H,2,10-11,15H2,1H3,(H,17,18). The Morgan fingerprint density at radius 3 is 2.42 bits per heavy atom. The van der Waals surface area contributed by atoms with E-state index in [1.54, 1.807) is 0 Å². The minimum atomic E-state index is 0.681. The first-order chi connectivity index (χ1) is 9.31. The van der Waals surface area contributed by atoms with Gasteiger partial charge in [0.15, 0.2) is 0 Å². The monoisotopic (exact) mass is 257 g/mol. The molecule has 5 heteroatoms. The molecule has 3 N–H and O–H groups in total. The van der Waals surface area contributed by atoms with Gasteiger partial charge in [0, 0.05) is 31.7 Å². The number of hydrogen-bond donors (Lipinski definition) is 2. The van der Waals surface area contributed by atoms with Gasteiger partial charge in [-0.1, -0.05) is 13.0 Å². The Balaban J connectivity index is 1.98. The number of rotatable bonds is 6. The van der Waals surface area contributed by atoms with Crippen molar-refractivity contribution >= 4 is 5.82 Å². The number of nitrogens with one attached hydrogen (secondary N) is 1. The maximum absolute atomic E-state index is 5.30. The van der Waals surface area contributed by atoms with Crippen molar-refractivity contribution < 1.29 is 0 Å². The molecule has 0 saturated carbocycles. The molecular formula is C14H19N5. The van der Waals surface area contributed by atoms with Crippen molar-refractivity contribution in [1.29, 1.82) is 0 Å². The Kier molecular flexibility index (Phi) is 4.83. The Hall–Kier alpha value is -1.98. The van der Waals surface area contributed by atoms with Gasteiger partial charge in [0.1, 0.15) is 5.82 Å². The third-order valence-corrected chi connectivity index (χ3v) is 2.98. The minimum Gasteiger partial charge on any atom is -0.308 e. The van der Waals surface area contributed by atoms with Crippen LogP contribution in [-0.4, -0.2) is 21.4 Å². The average Bonchev–Trinajstić information content (AvgIpc) is 2.48. The maximum atomic E-state index is 5.30. The van der Waals surface area contributed by atoms with Gasteiger partial charge in [-0.2, -0.15) is 0 Å². The van der Waals surface area contributed by atoms with Crippen molar-refractivity contribution in [2.45, 2.75) is 20.0 Å². The highest BCUT2D eigenvalue weighted by atomic mass is 15.2. The molecule has 2 aromatic heterocycles. The van der Waals surface area contributed by atoms with E-state index in [-0.39, 0.29) is 0 Å². The van der Waals surface area contributed by atoms with E-state index < -0.39 is 0 Å². The van der Waals surface area contributed by atoms with E-state index in [1.165, 1.54) is 11.1 Å². The first-order valence-corrected chi connectivity index (χ1v) is 6.34. The number of anilines is 1. The maximum Gasteiger partial charge on any atom is 0.139 e. The highest BCUT2D eigenvalue weighted by Gasteiger charge is 2.05. The second-order valence-electron chi connectivity index (χ2n) is 4.35.